The molecule has 6 heteroatoms. The van der Waals surface area contributed by atoms with Crippen LogP contribution in [0.25, 0.3) is 0 Å². The highest BCUT2D eigenvalue weighted by molar-refractivity contribution is 6.09. The van der Waals surface area contributed by atoms with E-state index in [1.54, 1.807) is 0 Å². The number of nitro groups is 1. The van der Waals surface area contributed by atoms with Crippen LogP contribution >= 0.6 is 0 Å². The number of benzene rings is 2. The molecule has 2 aromatic carbocycles. The third kappa shape index (κ3) is 2.52. The molecule has 0 aliphatic rings. The number of ketones is 1. The minimum Gasteiger partial charge on any atom is -0.504 e. The fourth-order valence-electron chi connectivity index (χ4n) is 1.57. The summed E-state index contributed by atoms with van der Waals surface area (Å²) in [5, 5.41) is 29.0. The lowest BCUT2D eigenvalue weighted by molar-refractivity contribution is -0.384. The maximum absolute atomic E-state index is 12.0. The van der Waals surface area contributed by atoms with E-state index in [0.29, 0.717) is 0 Å². The second-order valence-corrected chi connectivity index (χ2v) is 3.84. The van der Waals surface area contributed by atoms with Crippen LogP contribution < -0.4 is 0 Å². The zero-order valence-corrected chi connectivity index (χ0v) is 9.61. The smallest absolute Gasteiger partial charge is 0.269 e. The Balaban J connectivity index is 2.33. The van der Waals surface area contributed by atoms with Gasteiger partial charge in [0.05, 0.1) is 4.92 Å². The first-order valence-electron chi connectivity index (χ1n) is 5.30. The summed E-state index contributed by atoms with van der Waals surface area (Å²) >= 11 is 0. The Bertz CT molecular complexity index is 649. The number of hydrogen-bond acceptors (Lipinski definition) is 5. The number of nitro benzene ring substituents is 1. The van der Waals surface area contributed by atoms with Gasteiger partial charge in [0.2, 0.25) is 0 Å². The summed E-state index contributed by atoms with van der Waals surface area (Å²) in [7, 11) is 0. The van der Waals surface area contributed by atoms with Crippen molar-refractivity contribution in [3.8, 4) is 11.5 Å². The Kier molecular flexibility index (Phi) is 3.15. The fourth-order valence-corrected chi connectivity index (χ4v) is 1.57. The Morgan fingerprint density at radius 3 is 2.05 bits per heavy atom. The molecule has 0 fully saturated rings. The van der Waals surface area contributed by atoms with Crippen molar-refractivity contribution in [3.63, 3.8) is 0 Å². The molecule has 0 aromatic heterocycles. The van der Waals surface area contributed by atoms with E-state index in [2.05, 4.69) is 0 Å². The molecule has 0 spiro atoms. The van der Waals surface area contributed by atoms with E-state index in [1.165, 1.54) is 36.4 Å². The average molecular weight is 259 g/mol. The first-order chi connectivity index (χ1) is 8.99. The predicted octanol–water partition coefficient (Wildman–Crippen LogP) is 2.24. The van der Waals surface area contributed by atoms with E-state index in [1.807, 2.05) is 0 Å². The largest absolute Gasteiger partial charge is 0.504 e. The number of aromatic hydroxyl groups is 2. The van der Waals surface area contributed by atoms with Gasteiger partial charge in [-0.15, -0.1) is 0 Å². The molecule has 0 unspecified atom stereocenters. The van der Waals surface area contributed by atoms with Crippen LogP contribution in [0.15, 0.2) is 42.5 Å². The molecule has 2 rings (SSSR count). The van der Waals surface area contributed by atoms with Crippen molar-refractivity contribution in [2.24, 2.45) is 0 Å². The van der Waals surface area contributed by atoms with Crippen molar-refractivity contribution < 1.29 is 19.9 Å². The van der Waals surface area contributed by atoms with Crippen LogP contribution in [0.3, 0.4) is 0 Å². The van der Waals surface area contributed by atoms with Crippen LogP contribution in [0.5, 0.6) is 11.5 Å². The van der Waals surface area contributed by atoms with Crippen LogP contribution in [0.1, 0.15) is 15.9 Å². The molecule has 0 amide bonds. The maximum Gasteiger partial charge on any atom is 0.269 e. The van der Waals surface area contributed by atoms with Crippen LogP contribution in [-0.2, 0) is 0 Å². The molecule has 0 radical (unpaired) electrons. The van der Waals surface area contributed by atoms with Crippen LogP contribution in [0.4, 0.5) is 5.69 Å². The summed E-state index contributed by atoms with van der Waals surface area (Å²) in [6, 6.07) is 8.83. The number of phenolic OH excluding ortho intramolecular Hbond substituents is 2. The van der Waals surface area contributed by atoms with Crippen molar-refractivity contribution in [2.75, 3.05) is 0 Å². The summed E-state index contributed by atoms with van der Waals surface area (Å²) in [6.07, 6.45) is 0. The Morgan fingerprint density at radius 1 is 0.947 bits per heavy atom. The molecule has 2 N–H and O–H groups in total. The summed E-state index contributed by atoms with van der Waals surface area (Å²) in [4.78, 5) is 22.0. The molecule has 19 heavy (non-hydrogen) atoms. The molecule has 2 aromatic rings. The van der Waals surface area contributed by atoms with E-state index < -0.39 is 16.5 Å². The summed E-state index contributed by atoms with van der Waals surface area (Å²) in [6.45, 7) is 0. The second-order valence-electron chi connectivity index (χ2n) is 3.84. The molecule has 0 bridgehead atoms. The van der Waals surface area contributed by atoms with E-state index in [0.717, 1.165) is 6.07 Å². The molecule has 0 saturated carbocycles. The van der Waals surface area contributed by atoms with Crippen LogP contribution in [0, 0.1) is 10.1 Å². The molecule has 0 aliphatic carbocycles. The molecule has 0 heterocycles. The highest BCUT2D eigenvalue weighted by Gasteiger charge is 2.13. The Labute approximate surface area is 107 Å². The molecule has 0 saturated heterocycles. The lowest BCUT2D eigenvalue weighted by Gasteiger charge is -2.03. The Hall–Kier alpha value is -2.89. The molecule has 6 nitrogen and oxygen atoms in total. The second kappa shape index (κ2) is 4.77. The van der Waals surface area contributed by atoms with Gasteiger partial charge in [-0.1, -0.05) is 0 Å². The topological polar surface area (TPSA) is 101 Å². The number of nitrogens with zero attached hydrogens (tertiary/aromatic N) is 1. The van der Waals surface area contributed by atoms with Gasteiger partial charge >= 0.3 is 0 Å². The zero-order chi connectivity index (χ0) is 14.0. The first-order valence-corrected chi connectivity index (χ1v) is 5.30. The number of hydrogen-bond donors (Lipinski definition) is 2. The minimum absolute atomic E-state index is 0.106. The number of rotatable bonds is 3. The normalized spacial score (nSPS) is 10.1. The fraction of sp³-hybridized carbons (Fsp3) is 0. The standard InChI is InChI=1S/C13H9NO5/c15-11-6-3-9(7-12(11)16)13(17)8-1-4-10(5-2-8)14(18)19/h1-7,15-16H. The van der Waals surface area contributed by atoms with Gasteiger partial charge in [0.15, 0.2) is 17.3 Å². The lowest BCUT2D eigenvalue weighted by atomic mass is 10.0. The summed E-state index contributed by atoms with van der Waals surface area (Å²) in [5.41, 5.74) is 0.338. The number of carbonyl (C=O) groups is 1. The molecule has 96 valence electrons. The van der Waals surface area contributed by atoms with Gasteiger partial charge < -0.3 is 10.2 Å². The summed E-state index contributed by atoms with van der Waals surface area (Å²) < 4.78 is 0. The van der Waals surface area contributed by atoms with Crippen LogP contribution in [-0.4, -0.2) is 20.9 Å². The van der Waals surface area contributed by atoms with E-state index in [9.17, 15) is 20.0 Å². The molecule has 0 aliphatic heterocycles. The molecular formula is C13H9NO5. The molecule has 0 atom stereocenters. The van der Waals surface area contributed by atoms with E-state index in [4.69, 9.17) is 5.11 Å². The van der Waals surface area contributed by atoms with Crippen molar-refractivity contribution in [1.82, 2.24) is 0 Å². The van der Waals surface area contributed by atoms with Gasteiger partial charge in [-0.25, -0.2) is 0 Å². The van der Waals surface area contributed by atoms with Crippen LogP contribution in [0.2, 0.25) is 0 Å². The van der Waals surface area contributed by atoms with Gasteiger partial charge in [-0.3, -0.25) is 14.9 Å². The average Bonchev–Trinajstić information content (AvgIpc) is 2.41. The number of phenols is 2. The van der Waals surface area contributed by atoms with Gasteiger partial charge in [-0.2, -0.15) is 0 Å². The maximum atomic E-state index is 12.0. The highest BCUT2D eigenvalue weighted by atomic mass is 16.6. The number of carbonyl (C=O) groups excluding carboxylic acids is 1. The SMILES string of the molecule is O=C(c1ccc([N+](=O)[O-])cc1)c1ccc(O)c(O)c1. The lowest BCUT2D eigenvalue weighted by Crippen LogP contribution is -2.01. The van der Waals surface area contributed by atoms with Gasteiger partial charge in [-0.05, 0) is 30.3 Å². The van der Waals surface area contributed by atoms with E-state index >= 15 is 0 Å². The van der Waals surface area contributed by atoms with Gasteiger partial charge in [0.1, 0.15) is 0 Å². The third-order valence-corrected chi connectivity index (χ3v) is 2.58. The Morgan fingerprint density at radius 2 is 1.53 bits per heavy atom. The van der Waals surface area contributed by atoms with Crippen molar-refractivity contribution in [1.29, 1.82) is 0 Å². The summed E-state index contributed by atoms with van der Waals surface area (Å²) in [5.74, 6) is -1.11. The van der Waals surface area contributed by atoms with Crippen molar-refractivity contribution >= 4 is 11.5 Å². The number of non-ortho nitro benzene ring substituents is 1. The first kappa shape index (κ1) is 12.6. The predicted molar refractivity (Wildman–Crippen MR) is 66.3 cm³/mol. The van der Waals surface area contributed by atoms with Crippen molar-refractivity contribution in [2.45, 2.75) is 0 Å². The zero-order valence-electron chi connectivity index (χ0n) is 9.61. The van der Waals surface area contributed by atoms with Crippen molar-refractivity contribution in [3.05, 3.63) is 63.7 Å². The van der Waals surface area contributed by atoms with E-state index in [-0.39, 0.29) is 22.6 Å². The monoisotopic (exact) mass is 259 g/mol. The van der Waals surface area contributed by atoms with Gasteiger partial charge in [0.25, 0.3) is 5.69 Å². The quantitative estimate of drug-likeness (QED) is 0.381. The van der Waals surface area contributed by atoms with Gasteiger partial charge in [0, 0.05) is 23.3 Å². The minimum atomic E-state index is -0.555. The molecular weight excluding hydrogens is 250 g/mol. The highest BCUT2D eigenvalue weighted by Crippen LogP contribution is 2.26. The third-order valence-electron chi connectivity index (χ3n) is 2.58.